The van der Waals surface area contributed by atoms with Gasteiger partial charge in [-0.05, 0) is 35.9 Å². The largest absolute Gasteiger partial charge is 0.349 e. The molecule has 2 aromatic carbocycles. The Morgan fingerprint density at radius 2 is 1.91 bits per heavy atom. The lowest BCUT2D eigenvalue weighted by Gasteiger charge is -2.18. The quantitative estimate of drug-likeness (QED) is 0.727. The van der Waals surface area contributed by atoms with E-state index in [1.807, 2.05) is 22.8 Å². The number of rotatable bonds is 1. The average Bonchev–Trinajstić information content (AvgIpc) is 2.87. The number of halogens is 2. The van der Waals surface area contributed by atoms with E-state index in [0.717, 1.165) is 22.0 Å². The van der Waals surface area contributed by atoms with Crippen molar-refractivity contribution in [1.29, 1.82) is 0 Å². The molecule has 1 N–H and O–H groups in total. The monoisotopic (exact) mass is 314 g/mol. The van der Waals surface area contributed by atoms with Crippen molar-refractivity contribution in [3.8, 4) is 11.1 Å². The molecule has 0 atom stereocenters. The van der Waals surface area contributed by atoms with Crippen LogP contribution in [0.3, 0.4) is 0 Å². The van der Waals surface area contributed by atoms with Crippen LogP contribution in [0.4, 0.5) is 4.39 Å². The summed E-state index contributed by atoms with van der Waals surface area (Å²) in [7, 11) is 0. The fourth-order valence-electron chi connectivity index (χ4n) is 3.02. The van der Waals surface area contributed by atoms with Crippen LogP contribution in [0.5, 0.6) is 0 Å². The van der Waals surface area contributed by atoms with Crippen molar-refractivity contribution < 1.29 is 9.18 Å². The van der Waals surface area contributed by atoms with Crippen LogP contribution in [0.25, 0.3) is 22.0 Å². The third kappa shape index (κ3) is 1.99. The van der Waals surface area contributed by atoms with Crippen LogP contribution in [0.1, 0.15) is 10.5 Å². The molecule has 1 aliphatic rings. The summed E-state index contributed by atoms with van der Waals surface area (Å²) in [6.07, 6.45) is 0. The van der Waals surface area contributed by atoms with Gasteiger partial charge in [-0.3, -0.25) is 4.79 Å². The van der Waals surface area contributed by atoms with E-state index in [0.29, 0.717) is 23.8 Å². The van der Waals surface area contributed by atoms with Crippen LogP contribution in [-0.2, 0) is 6.54 Å². The number of carbonyl (C=O) groups excluding carboxylic acids is 1. The molecule has 0 bridgehead atoms. The van der Waals surface area contributed by atoms with Crippen molar-refractivity contribution in [2.45, 2.75) is 6.54 Å². The molecule has 1 aliphatic heterocycles. The first kappa shape index (κ1) is 13.3. The van der Waals surface area contributed by atoms with Gasteiger partial charge in [0.05, 0.1) is 5.52 Å². The molecule has 1 aromatic heterocycles. The third-order valence-electron chi connectivity index (χ3n) is 3.97. The lowest BCUT2D eigenvalue weighted by Crippen LogP contribution is -2.34. The molecule has 22 heavy (non-hydrogen) atoms. The van der Waals surface area contributed by atoms with Gasteiger partial charge in [0.15, 0.2) is 0 Å². The van der Waals surface area contributed by atoms with Crippen LogP contribution in [0, 0.1) is 5.82 Å². The fourth-order valence-corrected chi connectivity index (χ4v) is 3.25. The van der Waals surface area contributed by atoms with Crippen LogP contribution < -0.4 is 5.32 Å². The number of nitrogens with zero attached hydrogens (tertiary/aromatic N) is 1. The molecule has 1 amide bonds. The van der Waals surface area contributed by atoms with Crippen LogP contribution in [-0.4, -0.2) is 17.0 Å². The highest BCUT2D eigenvalue weighted by Crippen LogP contribution is 2.34. The van der Waals surface area contributed by atoms with E-state index in [-0.39, 0.29) is 11.7 Å². The standard InChI is InChI=1S/C17H12ClFN2O/c18-12-7-11-8-15-17(22)20-5-6-21(15)16(11)14(9-12)10-1-3-13(19)4-2-10/h1-4,7-9H,5-6H2,(H,20,22). The molecule has 5 heteroatoms. The van der Waals surface area contributed by atoms with E-state index in [1.165, 1.54) is 12.1 Å². The van der Waals surface area contributed by atoms with Crippen molar-refractivity contribution in [2.75, 3.05) is 6.54 Å². The highest BCUT2D eigenvalue weighted by molar-refractivity contribution is 6.32. The zero-order chi connectivity index (χ0) is 15.3. The van der Waals surface area contributed by atoms with Gasteiger partial charge >= 0.3 is 0 Å². The first-order valence-electron chi connectivity index (χ1n) is 7.00. The Morgan fingerprint density at radius 1 is 1.14 bits per heavy atom. The Hall–Kier alpha value is -2.33. The van der Waals surface area contributed by atoms with Crippen molar-refractivity contribution >= 4 is 28.4 Å². The highest BCUT2D eigenvalue weighted by Gasteiger charge is 2.22. The number of aromatic nitrogens is 1. The normalized spacial score (nSPS) is 14.0. The van der Waals surface area contributed by atoms with Gasteiger partial charge < -0.3 is 9.88 Å². The topological polar surface area (TPSA) is 34.0 Å². The van der Waals surface area contributed by atoms with Crippen LogP contribution in [0.15, 0.2) is 42.5 Å². The Morgan fingerprint density at radius 3 is 2.68 bits per heavy atom. The van der Waals surface area contributed by atoms with Crippen molar-refractivity contribution in [3.05, 3.63) is 59.0 Å². The summed E-state index contributed by atoms with van der Waals surface area (Å²) in [4.78, 5) is 12.0. The number of carbonyl (C=O) groups is 1. The molecule has 0 fully saturated rings. The van der Waals surface area contributed by atoms with Gasteiger partial charge in [-0.25, -0.2) is 4.39 Å². The summed E-state index contributed by atoms with van der Waals surface area (Å²) in [6, 6.07) is 11.9. The van der Waals surface area contributed by atoms with Crippen LogP contribution in [0.2, 0.25) is 5.02 Å². The number of nitrogens with one attached hydrogen (secondary N) is 1. The maximum absolute atomic E-state index is 13.2. The number of amides is 1. The summed E-state index contributed by atoms with van der Waals surface area (Å²) >= 11 is 6.22. The van der Waals surface area contributed by atoms with Gasteiger partial charge in [0.25, 0.3) is 5.91 Å². The van der Waals surface area contributed by atoms with Crippen molar-refractivity contribution in [1.82, 2.24) is 9.88 Å². The van der Waals surface area contributed by atoms with E-state index in [9.17, 15) is 9.18 Å². The SMILES string of the molecule is O=C1NCCn2c1cc1cc(Cl)cc(-c3ccc(F)cc3)c12. The number of hydrogen-bond donors (Lipinski definition) is 1. The number of hydrogen-bond acceptors (Lipinski definition) is 1. The second-order valence-corrected chi connectivity index (χ2v) is 5.77. The molecule has 110 valence electrons. The fraction of sp³-hybridized carbons (Fsp3) is 0.118. The molecule has 3 nitrogen and oxygen atoms in total. The van der Waals surface area contributed by atoms with Gasteiger partial charge in [-0.2, -0.15) is 0 Å². The first-order valence-corrected chi connectivity index (χ1v) is 7.38. The average molecular weight is 315 g/mol. The van der Waals surface area contributed by atoms with Crippen LogP contribution >= 0.6 is 11.6 Å². The zero-order valence-electron chi connectivity index (χ0n) is 11.6. The van der Waals surface area contributed by atoms with Gasteiger partial charge in [0.2, 0.25) is 0 Å². The lowest BCUT2D eigenvalue weighted by molar-refractivity contribution is 0.0929. The summed E-state index contributed by atoms with van der Waals surface area (Å²) < 4.78 is 15.2. The summed E-state index contributed by atoms with van der Waals surface area (Å²) in [5.41, 5.74) is 3.37. The molecular formula is C17H12ClFN2O. The molecule has 3 aromatic rings. The van der Waals surface area contributed by atoms with E-state index in [4.69, 9.17) is 11.6 Å². The van der Waals surface area contributed by atoms with E-state index < -0.39 is 0 Å². The Kier molecular flexibility index (Phi) is 2.94. The predicted octanol–water partition coefficient (Wildman–Crippen LogP) is 3.84. The summed E-state index contributed by atoms with van der Waals surface area (Å²) in [5, 5.41) is 4.35. The molecule has 0 unspecified atom stereocenters. The number of benzene rings is 2. The molecule has 2 heterocycles. The maximum Gasteiger partial charge on any atom is 0.268 e. The molecule has 0 saturated carbocycles. The summed E-state index contributed by atoms with van der Waals surface area (Å²) in [6.45, 7) is 1.31. The Labute approximate surface area is 131 Å². The molecular weight excluding hydrogens is 303 g/mol. The van der Waals surface area contributed by atoms with Gasteiger partial charge in [-0.1, -0.05) is 23.7 Å². The summed E-state index contributed by atoms with van der Waals surface area (Å²) in [5.74, 6) is -0.359. The van der Waals surface area contributed by atoms with Gasteiger partial charge in [-0.15, -0.1) is 0 Å². The van der Waals surface area contributed by atoms with E-state index >= 15 is 0 Å². The van der Waals surface area contributed by atoms with E-state index in [1.54, 1.807) is 12.1 Å². The molecule has 4 rings (SSSR count). The maximum atomic E-state index is 13.2. The van der Waals surface area contributed by atoms with Crippen molar-refractivity contribution in [3.63, 3.8) is 0 Å². The van der Waals surface area contributed by atoms with E-state index in [2.05, 4.69) is 5.32 Å². The second kappa shape index (κ2) is 4.85. The second-order valence-electron chi connectivity index (χ2n) is 5.34. The zero-order valence-corrected chi connectivity index (χ0v) is 12.3. The van der Waals surface area contributed by atoms with Gasteiger partial charge in [0, 0.05) is 29.1 Å². The first-order chi connectivity index (χ1) is 10.6. The minimum atomic E-state index is -0.279. The minimum Gasteiger partial charge on any atom is -0.349 e. The van der Waals surface area contributed by atoms with Gasteiger partial charge in [0.1, 0.15) is 11.5 Å². The third-order valence-corrected chi connectivity index (χ3v) is 4.18. The Balaban J connectivity index is 2.05. The molecule has 0 aliphatic carbocycles. The lowest BCUT2D eigenvalue weighted by atomic mass is 10.0. The predicted molar refractivity (Wildman–Crippen MR) is 84.7 cm³/mol. The molecule has 0 spiro atoms. The number of fused-ring (bicyclic) bond motifs is 3. The minimum absolute atomic E-state index is 0.0800. The smallest absolute Gasteiger partial charge is 0.268 e. The molecule has 0 radical (unpaired) electrons. The molecule has 0 saturated heterocycles. The van der Waals surface area contributed by atoms with Crippen molar-refractivity contribution in [2.24, 2.45) is 0 Å². The highest BCUT2D eigenvalue weighted by atomic mass is 35.5. The Bertz CT molecular complexity index is 899.